The predicted molar refractivity (Wildman–Crippen MR) is 81.8 cm³/mol. The van der Waals surface area contributed by atoms with Crippen LogP contribution >= 0.6 is 0 Å². The molecule has 0 saturated carbocycles. The highest BCUT2D eigenvalue weighted by molar-refractivity contribution is 5.53. The second-order valence-corrected chi connectivity index (χ2v) is 4.83. The van der Waals surface area contributed by atoms with Crippen LogP contribution in [0.25, 0.3) is 0 Å². The predicted octanol–water partition coefficient (Wildman–Crippen LogP) is 3.54. The Labute approximate surface area is 120 Å². The number of aliphatic hydroxyl groups excluding tert-OH is 1. The molecule has 0 aliphatic rings. The third kappa shape index (κ3) is 3.59. The summed E-state index contributed by atoms with van der Waals surface area (Å²) in [6.07, 6.45) is -0.502. The molecule has 2 aromatic rings. The van der Waals surface area contributed by atoms with Crippen LogP contribution in [-0.2, 0) is 4.74 Å². The second-order valence-electron chi connectivity index (χ2n) is 4.83. The van der Waals surface area contributed by atoms with Gasteiger partial charge >= 0.3 is 0 Å². The second kappa shape index (κ2) is 7.08. The quantitative estimate of drug-likeness (QED) is 0.844. The number of hydrogen-bond acceptors (Lipinski definition) is 3. The molecule has 2 N–H and O–H groups in total. The van der Waals surface area contributed by atoms with E-state index in [1.807, 2.05) is 42.5 Å². The molecule has 2 unspecified atom stereocenters. The number of nitrogens with one attached hydrogen (secondary N) is 1. The van der Waals surface area contributed by atoms with Crippen molar-refractivity contribution in [3.8, 4) is 0 Å². The van der Waals surface area contributed by atoms with Crippen LogP contribution in [0.1, 0.15) is 30.2 Å². The van der Waals surface area contributed by atoms with Gasteiger partial charge in [-0.1, -0.05) is 48.5 Å². The van der Waals surface area contributed by atoms with E-state index in [1.165, 1.54) is 0 Å². The molecule has 0 aliphatic carbocycles. The molecule has 0 amide bonds. The molecule has 0 spiro atoms. The summed E-state index contributed by atoms with van der Waals surface area (Å²) in [4.78, 5) is 0. The Morgan fingerprint density at radius 3 is 2.35 bits per heavy atom. The number of rotatable bonds is 6. The van der Waals surface area contributed by atoms with E-state index in [0.29, 0.717) is 6.61 Å². The fourth-order valence-corrected chi connectivity index (χ4v) is 2.25. The van der Waals surface area contributed by atoms with E-state index in [4.69, 9.17) is 4.74 Å². The number of ether oxygens (including phenoxy) is 1. The molecule has 0 saturated heterocycles. The number of benzene rings is 2. The van der Waals surface area contributed by atoms with Gasteiger partial charge in [0.1, 0.15) is 0 Å². The SMILES string of the molecule is COCC(Nc1ccccc1C(C)O)c1ccccc1. The highest BCUT2D eigenvalue weighted by atomic mass is 16.5. The van der Waals surface area contributed by atoms with Crippen molar-refractivity contribution in [2.24, 2.45) is 0 Å². The van der Waals surface area contributed by atoms with E-state index in [2.05, 4.69) is 17.4 Å². The lowest BCUT2D eigenvalue weighted by molar-refractivity contribution is 0.185. The zero-order valence-electron chi connectivity index (χ0n) is 11.9. The molecule has 20 heavy (non-hydrogen) atoms. The van der Waals surface area contributed by atoms with Crippen molar-refractivity contribution in [2.45, 2.75) is 19.1 Å². The van der Waals surface area contributed by atoms with Crippen LogP contribution in [-0.4, -0.2) is 18.8 Å². The normalized spacial score (nSPS) is 13.8. The standard InChI is InChI=1S/C17H21NO2/c1-13(19)15-10-6-7-11-16(15)18-17(12-20-2)14-8-4-3-5-9-14/h3-11,13,17-19H,12H2,1-2H3. The summed E-state index contributed by atoms with van der Waals surface area (Å²) in [5.74, 6) is 0. The minimum atomic E-state index is -0.502. The van der Waals surface area contributed by atoms with E-state index in [9.17, 15) is 5.11 Å². The highest BCUT2D eigenvalue weighted by Gasteiger charge is 2.14. The van der Waals surface area contributed by atoms with Gasteiger partial charge < -0.3 is 15.2 Å². The van der Waals surface area contributed by atoms with Crippen LogP contribution in [0.4, 0.5) is 5.69 Å². The van der Waals surface area contributed by atoms with Crippen LogP contribution < -0.4 is 5.32 Å². The van der Waals surface area contributed by atoms with Gasteiger partial charge in [-0.15, -0.1) is 0 Å². The highest BCUT2D eigenvalue weighted by Crippen LogP contribution is 2.26. The average molecular weight is 271 g/mol. The van der Waals surface area contributed by atoms with Crippen molar-refractivity contribution in [1.82, 2.24) is 0 Å². The molecule has 0 fully saturated rings. The van der Waals surface area contributed by atoms with Crippen molar-refractivity contribution < 1.29 is 9.84 Å². The van der Waals surface area contributed by atoms with Gasteiger partial charge in [0.05, 0.1) is 18.8 Å². The maximum Gasteiger partial charge on any atom is 0.0781 e. The maximum absolute atomic E-state index is 9.85. The summed E-state index contributed by atoms with van der Waals surface area (Å²) < 4.78 is 5.31. The van der Waals surface area contributed by atoms with E-state index in [0.717, 1.165) is 16.8 Å². The van der Waals surface area contributed by atoms with Crippen LogP contribution in [0.5, 0.6) is 0 Å². The molecule has 2 aromatic carbocycles. The number of anilines is 1. The summed E-state index contributed by atoms with van der Waals surface area (Å²) in [5.41, 5.74) is 2.99. The largest absolute Gasteiger partial charge is 0.389 e. The average Bonchev–Trinajstić information content (AvgIpc) is 2.48. The summed E-state index contributed by atoms with van der Waals surface area (Å²) in [6, 6.07) is 18.0. The molecule has 0 heterocycles. The number of aliphatic hydroxyl groups is 1. The third-order valence-electron chi connectivity index (χ3n) is 3.28. The Hall–Kier alpha value is -1.84. The number of methoxy groups -OCH3 is 1. The molecule has 3 heteroatoms. The van der Waals surface area contributed by atoms with Gasteiger partial charge in [0, 0.05) is 18.4 Å². The van der Waals surface area contributed by atoms with Gasteiger partial charge in [-0.3, -0.25) is 0 Å². The van der Waals surface area contributed by atoms with Crippen molar-refractivity contribution in [2.75, 3.05) is 19.0 Å². The van der Waals surface area contributed by atoms with Crippen molar-refractivity contribution in [3.05, 3.63) is 65.7 Å². The lowest BCUT2D eigenvalue weighted by atomic mass is 10.0. The van der Waals surface area contributed by atoms with E-state index < -0.39 is 6.10 Å². The molecule has 3 nitrogen and oxygen atoms in total. The Morgan fingerprint density at radius 2 is 1.70 bits per heavy atom. The first-order chi connectivity index (χ1) is 9.72. The smallest absolute Gasteiger partial charge is 0.0781 e. The molecule has 2 atom stereocenters. The summed E-state index contributed by atoms with van der Waals surface area (Å²) >= 11 is 0. The number of hydrogen-bond donors (Lipinski definition) is 2. The van der Waals surface area contributed by atoms with Crippen molar-refractivity contribution in [1.29, 1.82) is 0 Å². The molecule has 106 valence electrons. The molecular weight excluding hydrogens is 250 g/mol. The Morgan fingerprint density at radius 1 is 1.05 bits per heavy atom. The Bertz CT molecular complexity index is 526. The Kier molecular flexibility index (Phi) is 5.16. The lowest BCUT2D eigenvalue weighted by Crippen LogP contribution is -2.17. The fraction of sp³-hybridized carbons (Fsp3) is 0.294. The summed E-state index contributed by atoms with van der Waals surface area (Å²) in [7, 11) is 1.69. The lowest BCUT2D eigenvalue weighted by Gasteiger charge is -2.22. The molecule has 0 bridgehead atoms. The molecule has 0 aromatic heterocycles. The fourth-order valence-electron chi connectivity index (χ4n) is 2.25. The van der Waals surface area contributed by atoms with E-state index >= 15 is 0 Å². The van der Waals surface area contributed by atoms with Gasteiger partial charge in [-0.2, -0.15) is 0 Å². The maximum atomic E-state index is 9.85. The van der Waals surface area contributed by atoms with Crippen LogP contribution in [0, 0.1) is 0 Å². The Balaban J connectivity index is 2.25. The van der Waals surface area contributed by atoms with E-state index in [-0.39, 0.29) is 6.04 Å². The minimum absolute atomic E-state index is 0.0566. The van der Waals surface area contributed by atoms with Gasteiger partial charge in [-0.25, -0.2) is 0 Å². The summed E-state index contributed by atoms with van der Waals surface area (Å²) in [6.45, 7) is 2.34. The zero-order chi connectivity index (χ0) is 14.4. The first-order valence-corrected chi connectivity index (χ1v) is 6.79. The van der Waals surface area contributed by atoms with Crippen LogP contribution in [0.3, 0.4) is 0 Å². The zero-order valence-corrected chi connectivity index (χ0v) is 11.9. The monoisotopic (exact) mass is 271 g/mol. The van der Waals surface area contributed by atoms with Crippen LogP contribution in [0.15, 0.2) is 54.6 Å². The molecule has 0 aliphatic heterocycles. The van der Waals surface area contributed by atoms with Gasteiger partial charge in [0.15, 0.2) is 0 Å². The van der Waals surface area contributed by atoms with Crippen molar-refractivity contribution in [3.63, 3.8) is 0 Å². The van der Waals surface area contributed by atoms with Gasteiger partial charge in [0.25, 0.3) is 0 Å². The third-order valence-corrected chi connectivity index (χ3v) is 3.28. The van der Waals surface area contributed by atoms with Crippen LogP contribution in [0.2, 0.25) is 0 Å². The van der Waals surface area contributed by atoms with Crippen molar-refractivity contribution >= 4 is 5.69 Å². The van der Waals surface area contributed by atoms with E-state index in [1.54, 1.807) is 14.0 Å². The number of para-hydroxylation sites is 1. The minimum Gasteiger partial charge on any atom is -0.389 e. The van der Waals surface area contributed by atoms with Gasteiger partial charge in [-0.05, 0) is 18.6 Å². The molecule has 2 rings (SSSR count). The first kappa shape index (κ1) is 14.6. The first-order valence-electron chi connectivity index (χ1n) is 6.79. The topological polar surface area (TPSA) is 41.5 Å². The molecular formula is C17H21NO2. The summed E-state index contributed by atoms with van der Waals surface area (Å²) in [5, 5.41) is 13.3. The van der Waals surface area contributed by atoms with Gasteiger partial charge in [0.2, 0.25) is 0 Å². The molecule has 0 radical (unpaired) electrons.